The highest BCUT2D eigenvalue weighted by molar-refractivity contribution is 5.71. The van der Waals surface area contributed by atoms with Crippen molar-refractivity contribution in [3.8, 4) is 0 Å². The third kappa shape index (κ3) is 67.2. The van der Waals surface area contributed by atoms with Gasteiger partial charge in [0.05, 0.1) is 0 Å². The van der Waals surface area contributed by atoms with Gasteiger partial charge < -0.3 is 14.2 Å². The molecule has 0 heterocycles. The van der Waals surface area contributed by atoms with E-state index < -0.39 is 6.10 Å². The molecule has 83 heavy (non-hydrogen) atoms. The Labute approximate surface area is 510 Å². The molecule has 0 bridgehead atoms. The van der Waals surface area contributed by atoms with Gasteiger partial charge in [-0.2, -0.15) is 0 Å². The van der Waals surface area contributed by atoms with Gasteiger partial charge in [-0.1, -0.05) is 280 Å². The summed E-state index contributed by atoms with van der Waals surface area (Å²) in [5.41, 5.74) is 0. The summed E-state index contributed by atoms with van der Waals surface area (Å²) in [6.45, 7) is 6.24. The molecule has 6 nitrogen and oxygen atoms in total. The summed E-state index contributed by atoms with van der Waals surface area (Å²) in [5, 5.41) is 0. The van der Waals surface area contributed by atoms with E-state index in [-0.39, 0.29) is 37.5 Å². The number of rotatable bonds is 58. The number of carbonyl (C=O) groups excluding carboxylic acids is 3. The smallest absolute Gasteiger partial charge is 0.306 e. The Hall–Kier alpha value is -5.49. The number of allylic oxidation sites excluding steroid dienone is 30. The third-order valence-corrected chi connectivity index (χ3v) is 13.4. The minimum absolute atomic E-state index is 0.113. The topological polar surface area (TPSA) is 78.9 Å². The van der Waals surface area contributed by atoms with Crippen molar-refractivity contribution in [2.45, 2.75) is 271 Å². The standard InChI is InChI=1S/C77H120O6/c1-4-7-10-13-16-19-22-25-28-31-34-37-38-41-43-46-49-52-55-58-61-64-67-70-76(79)82-73-74(83-77(80)71-68-65-62-59-56-53-50-47-44-40-36-33-30-27-24-21-18-15-12-9-6-3)72-81-75(78)69-66-63-60-57-54-51-48-45-42-39-35-32-29-26-23-20-17-14-11-8-5-2/h7-12,16-21,25-30,34-37,39-41,43,49,52,58,61,74H,4-6,13-15,22-24,31-33,38,42,44-48,50-51,53-57,59-60,62-73H2,1-3H3/b10-7-,11-8-,12-9-,19-16-,20-17-,21-18-,28-25-,29-26-,30-27-,37-34-,39-35-,40-36-,43-41-,52-49-,61-58-. The molecule has 0 aromatic heterocycles. The van der Waals surface area contributed by atoms with Gasteiger partial charge >= 0.3 is 17.9 Å². The van der Waals surface area contributed by atoms with Crippen LogP contribution in [-0.2, 0) is 28.6 Å². The molecule has 0 aromatic rings. The zero-order valence-electron chi connectivity index (χ0n) is 53.1. The summed E-state index contributed by atoms with van der Waals surface area (Å²) in [6.07, 6.45) is 103. The number of unbranched alkanes of at least 4 members (excludes halogenated alkanes) is 17. The molecule has 464 valence electrons. The molecule has 6 heteroatoms. The van der Waals surface area contributed by atoms with E-state index in [4.69, 9.17) is 14.2 Å². The average Bonchev–Trinajstić information content (AvgIpc) is 3.49. The first-order valence-corrected chi connectivity index (χ1v) is 33.3. The molecular formula is C77H120O6. The van der Waals surface area contributed by atoms with Crippen molar-refractivity contribution in [3.63, 3.8) is 0 Å². The zero-order chi connectivity index (χ0) is 59.9. The maximum Gasteiger partial charge on any atom is 0.306 e. The van der Waals surface area contributed by atoms with Crippen molar-refractivity contribution in [1.29, 1.82) is 0 Å². The first kappa shape index (κ1) is 77.5. The lowest BCUT2D eigenvalue weighted by molar-refractivity contribution is -0.167. The molecule has 0 amide bonds. The van der Waals surface area contributed by atoms with Crippen LogP contribution in [0.5, 0.6) is 0 Å². The lowest BCUT2D eigenvalue weighted by Crippen LogP contribution is -2.30. The molecule has 0 aliphatic heterocycles. The molecule has 0 N–H and O–H groups in total. The molecule has 0 aromatic carbocycles. The number of ether oxygens (including phenoxy) is 3. The Morgan fingerprint density at radius 2 is 0.446 bits per heavy atom. The fourth-order valence-corrected chi connectivity index (χ4v) is 8.53. The minimum Gasteiger partial charge on any atom is -0.462 e. The largest absolute Gasteiger partial charge is 0.462 e. The van der Waals surface area contributed by atoms with Crippen LogP contribution in [0, 0.1) is 0 Å². The van der Waals surface area contributed by atoms with Gasteiger partial charge in [0.25, 0.3) is 0 Å². The number of hydrogen-bond donors (Lipinski definition) is 0. The van der Waals surface area contributed by atoms with Crippen LogP contribution in [0.3, 0.4) is 0 Å². The maximum atomic E-state index is 13.0. The van der Waals surface area contributed by atoms with Crippen molar-refractivity contribution >= 4 is 17.9 Å². The van der Waals surface area contributed by atoms with Crippen LogP contribution in [0.1, 0.15) is 265 Å². The first-order valence-electron chi connectivity index (χ1n) is 33.3. The van der Waals surface area contributed by atoms with Gasteiger partial charge in [-0.25, -0.2) is 0 Å². The van der Waals surface area contributed by atoms with Crippen molar-refractivity contribution in [1.82, 2.24) is 0 Å². The van der Waals surface area contributed by atoms with E-state index in [1.807, 2.05) is 0 Å². The van der Waals surface area contributed by atoms with Gasteiger partial charge in [0.15, 0.2) is 6.10 Å². The molecular weight excluding hydrogens is 1020 g/mol. The second kappa shape index (κ2) is 69.0. The van der Waals surface area contributed by atoms with Crippen LogP contribution < -0.4 is 0 Å². The number of esters is 3. The molecule has 0 rings (SSSR count). The summed E-state index contributed by atoms with van der Waals surface area (Å²) in [4.78, 5) is 38.4. The summed E-state index contributed by atoms with van der Waals surface area (Å²) in [5.74, 6) is -0.994. The Kier molecular flexibility index (Phi) is 64.4. The Morgan fingerprint density at radius 3 is 0.723 bits per heavy atom. The van der Waals surface area contributed by atoms with Crippen LogP contribution in [0.25, 0.3) is 0 Å². The van der Waals surface area contributed by atoms with Gasteiger partial charge in [-0.3, -0.25) is 14.4 Å². The van der Waals surface area contributed by atoms with Gasteiger partial charge in [-0.05, 0) is 148 Å². The fourth-order valence-electron chi connectivity index (χ4n) is 8.53. The zero-order valence-corrected chi connectivity index (χ0v) is 53.1. The molecule has 0 aliphatic rings. The molecule has 0 radical (unpaired) electrons. The van der Waals surface area contributed by atoms with Crippen molar-refractivity contribution in [2.75, 3.05) is 13.2 Å². The highest BCUT2D eigenvalue weighted by atomic mass is 16.6. The van der Waals surface area contributed by atoms with Crippen LogP contribution in [0.2, 0.25) is 0 Å². The fraction of sp³-hybridized carbons (Fsp3) is 0.571. The van der Waals surface area contributed by atoms with Crippen LogP contribution in [-0.4, -0.2) is 37.2 Å². The predicted octanol–water partition coefficient (Wildman–Crippen LogP) is 23.2. The second-order valence-electron chi connectivity index (χ2n) is 21.2. The normalized spacial score (nSPS) is 13.3. The maximum absolute atomic E-state index is 13.0. The van der Waals surface area contributed by atoms with E-state index in [1.54, 1.807) is 0 Å². The van der Waals surface area contributed by atoms with E-state index in [2.05, 4.69) is 203 Å². The predicted molar refractivity (Wildman–Crippen MR) is 361 cm³/mol. The SMILES string of the molecule is CC/C=C\C/C=C\C/C=C\C/C=C\C/C=C\C/C=C\C/C=C\CCCC(=O)OCC(COC(=O)CCCCCCCCCC/C=C\C/C=C\C/C=C\C/C=C\CC)OC(=O)CCCCCCCCCC/C=C\C/C=C\C/C=C\C/C=C\CC. The Morgan fingerprint density at radius 1 is 0.241 bits per heavy atom. The van der Waals surface area contributed by atoms with Crippen LogP contribution in [0.4, 0.5) is 0 Å². The summed E-state index contributed by atoms with van der Waals surface area (Å²) >= 11 is 0. The molecule has 0 saturated heterocycles. The van der Waals surface area contributed by atoms with E-state index in [9.17, 15) is 14.4 Å². The van der Waals surface area contributed by atoms with Crippen molar-refractivity contribution < 1.29 is 28.6 Å². The molecule has 0 saturated carbocycles. The van der Waals surface area contributed by atoms with Gasteiger partial charge in [0.1, 0.15) is 13.2 Å². The molecule has 1 atom stereocenters. The van der Waals surface area contributed by atoms with Crippen molar-refractivity contribution in [2.24, 2.45) is 0 Å². The number of hydrogen-bond acceptors (Lipinski definition) is 6. The van der Waals surface area contributed by atoms with E-state index in [0.29, 0.717) is 19.3 Å². The first-order chi connectivity index (χ1) is 41.0. The second-order valence-corrected chi connectivity index (χ2v) is 21.2. The third-order valence-electron chi connectivity index (χ3n) is 13.4. The summed E-state index contributed by atoms with van der Waals surface area (Å²) in [7, 11) is 0. The van der Waals surface area contributed by atoms with Gasteiger partial charge in [0, 0.05) is 19.3 Å². The summed E-state index contributed by atoms with van der Waals surface area (Å²) in [6, 6.07) is 0. The lowest BCUT2D eigenvalue weighted by Gasteiger charge is -2.18. The average molecular weight is 1140 g/mol. The Bertz CT molecular complexity index is 1940. The number of carbonyl (C=O) groups is 3. The van der Waals surface area contributed by atoms with Crippen molar-refractivity contribution in [3.05, 3.63) is 182 Å². The lowest BCUT2D eigenvalue weighted by atomic mass is 10.1. The van der Waals surface area contributed by atoms with E-state index in [0.717, 1.165) is 154 Å². The van der Waals surface area contributed by atoms with Crippen LogP contribution in [0.15, 0.2) is 182 Å². The van der Waals surface area contributed by atoms with E-state index >= 15 is 0 Å². The van der Waals surface area contributed by atoms with Gasteiger partial charge in [-0.15, -0.1) is 0 Å². The van der Waals surface area contributed by atoms with E-state index in [1.165, 1.54) is 64.2 Å². The quantitative estimate of drug-likeness (QED) is 0.0261. The monoisotopic (exact) mass is 1140 g/mol. The molecule has 0 spiro atoms. The highest BCUT2D eigenvalue weighted by Gasteiger charge is 2.19. The van der Waals surface area contributed by atoms with Crippen LogP contribution >= 0.6 is 0 Å². The Balaban J connectivity index is 4.56. The minimum atomic E-state index is -0.823. The molecule has 0 aliphatic carbocycles. The highest BCUT2D eigenvalue weighted by Crippen LogP contribution is 2.15. The summed E-state index contributed by atoms with van der Waals surface area (Å²) < 4.78 is 16.9. The van der Waals surface area contributed by atoms with Gasteiger partial charge in [0.2, 0.25) is 0 Å². The molecule has 0 fully saturated rings. The molecule has 1 unspecified atom stereocenters.